The summed E-state index contributed by atoms with van der Waals surface area (Å²) in [7, 11) is 1.42. The lowest BCUT2D eigenvalue weighted by atomic mass is 9.81. The van der Waals surface area contributed by atoms with Gasteiger partial charge in [-0.15, -0.1) is 0 Å². The van der Waals surface area contributed by atoms with Crippen LogP contribution in [0.1, 0.15) is 39.0 Å². The zero-order valence-electron chi connectivity index (χ0n) is 12.3. The molecule has 0 aromatic heterocycles. The van der Waals surface area contributed by atoms with Crippen LogP contribution in [-0.2, 0) is 19.1 Å². The van der Waals surface area contributed by atoms with Gasteiger partial charge in [-0.2, -0.15) is 0 Å². The van der Waals surface area contributed by atoms with Crippen molar-refractivity contribution in [1.82, 2.24) is 5.32 Å². The molecule has 1 rings (SSSR count). The smallest absolute Gasteiger partial charge is 0.328 e. The molecular formula is C14H25NO5. The molecule has 1 fully saturated rings. The van der Waals surface area contributed by atoms with Crippen molar-refractivity contribution in [2.24, 2.45) is 5.41 Å². The standard InChI is InChI=1S/C14H25NO5/c1-3-20-9-8-14(6-4-5-7-14)13(18)15-11(10-19-2)12(16)17/h11H,3-10H2,1-2H3,(H,15,18)(H,16,17). The molecule has 0 spiro atoms. The highest BCUT2D eigenvalue weighted by Crippen LogP contribution is 2.41. The topological polar surface area (TPSA) is 84.9 Å². The molecule has 2 N–H and O–H groups in total. The molecule has 0 heterocycles. The molecule has 0 saturated heterocycles. The molecular weight excluding hydrogens is 262 g/mol. The lowest BCUT2D eigenvalue weighted by Gasteiger charge is -2.29. The maximum atomic E-state index is 12.5. The summed E-state index contributed by atoms with van der Waals surface area (Å²) in [5.74, 6) is -1.25. The van der Waals surface area contributed by atoms with Crippen molar-refractivity contribution in [3.63, 3.8) is 0 Å². The number of amides is 1. The van der Waals surface area contributed by atoms with Crippen molar-refractivity contribution in [1.29, 1.82) is 0 Å². The number of nitrogens with one attached hydrogen (secondary N) is 1. The van der Waals surface area contributed by atoms with Crippen LogP contribution in [0.5, 0.6) is 0 Å². The quantitative estimate of drug-likeness (QED) is 0.622. The number of carboxylic acid groups (broad SMARTS) is 1. The van der Waals surface area contributed by atoms with Gasteiger partial charge in [0.15, 0.2) is 6.04 Å². The van der Waals surface area contributed by atoms with E-state index in [0.29, 0.717) is 19.6 Å². The van der Waals surface area contributed by atoms with Crippen LogP contribution in [0.2, 0.25) is 0 Å². The van der Waals surface area contributed by atoms with E-state index in [0.717, 1.165) is 25.7 Å². The molecule has 20 heavy (non-hydrogen) atoms. The van der Waals surface area contributed by atoms with Gasteiger partial charge in [0.25, 0.3) is 0 Å². The Hall–Kier alpha value is -1.14. The number of hydrogen-bond acceptors (Lipinski definition) is 4. The first-order valence-electron chi connectivity index (χ1n) is 7.16. The molecule has 1 aliphatic carbocycles. The van der Waals surface area contributed by atoms with E-state index < -0.39 is 17.4 Å². The number of aliphatic carboxylic acids is 1. The van der Waals surface area contributed by atoms with Crippen LogP contribution < -0.4 is 5.32 Å². The third-order valence-electron chi connectivity index (χ3n) is 3.91. The minimum absolute atomic E-state index is 0.0252. The van der Waals surface area contributed by atoms with Crippen LogP contribution in [0.25, 0.3) is 0 Å². The Bertz CT molecular complexity index is 326. The highest BCUT2D eigenvalue weighted by atomic mass is 16.5. The zero-order valence-corrected chi connectivity index (χ0v) is 12.3. The van der Waals surface area contributed by atoms with Gasteiger partial charge in [-0.25, -0.2) is 4.79 Å². The number of carboxylic acids is 1. The van der Waals surface area contributed by atoms with Gasteiger partial charge in [-0.1, -0.05) is 12.8 Å². The van der Waals surface area contributed by atoms with Gasteiger partial charge in [0.1, 0.15) is 0 Å². The fourth-order valence-corrected chi connectivity index (χ4v) is 2.71. The summed E-state index contributed by atoms with van der Waals surface area (Å²) in [5.41, 5.74) is -0.476. The van der Waals surface area contributed by atoms with Gasteiger partial charge < -0.3 is 19.9 Å². The largest absolute Gasteiger partial charge is 0.480 e. The molecule has 6 nitrogen and oxygen atoms in total. The van der Waals surface area contributed by atoms with Crippen LogP contribution in [0.3, 0.4) is 0 Å². The maximum Gasteiger partial charge on any atom is 0.328 e. The first-order valence-corrected chi connectivity index (χ1v) is 7.16. The summed E-state index contributed by atoms with van der Waals surface area (Å²) < 4.78 is 10.2. The van der Waals surface area contributed by atoms with E-state index in [1.54, 1.807) is 0 Å². The molecule has 1 atom stereocenters. The lowest BCUT2D eigenvalue weighted by Crippen LogP contribution is -2.50. The van der Waals surface area contributed by atoms with Crippen LogP contribution in [0.4, 0.5) is 0 Å². The lowest BCUT2D eigenvalue weighted by molar-refractivity contribution is -0.145. The van der Waals surface area contributed by atoms with Gasteiger partial charge >= 0.3 is 5.97 Å². The molecule has 0 bridgehead atoms. The van der Waals surface area contributed by atoms with E-state index >= 15 is 0 Å². The Morgan fingerprint density at radius 2 is 2.00 bits per heavy atom. The van der Waals surface area contributed by atoms with Crippen molar-refractivity contribution < 1.29 is 24.2 Å². The van der Waals surface area contributed by atoms with Gasteiger partial charge in [-0.05, 0) is 26.2 Å². The molecule has 1 aliphatic rings. The van der Waals surface area contributed by atoms with Crippen molar-refractivity contribution in [3.8, 4) is 0 Å². The predicted molar refractivity (Wildman–Crippen MR) is 73.5 cm³/mol. The molecule has 1 amide bonds. The fourth-order valence-electron chi connectivity index (χ4n) is 2.71. The van der Waals surface area contributed by atoms with E-state index in [4.69, 9.17) is 14.6 Å². The minimum Gasteiger partial charge on any atom is -0.480 e. The number of methoxy groups -OCH3 is 1. The van der Waals surface area contributed by atoms with Gasteiger partial charge in [0.05, 0.1) is 12.0 Å². The van der Waals surface area contributed by atoms with Crippen molar-refractivity contribution in [3.05, 3.63) is 0 Å². The third-order valence-corrected chi connectivity index (χ3v) is 3.91. The second-order valence-electron chi connectivity index (χ2n) is 5.25. The number of hydrogen-bond donors (Lipinski definition) is 2. The van der Waals surface area contributed by atoms with Crippen LogP contribution in [0.15, 0.2) is 0 Å². The van der Waals surface area contributed by atoms with Crippen LogP contribution in [-0.4, -0.2) is 50.0 Å². The summed E-state index contributed by atoms with van der Waals surface area (Å²) in [5, 5.41) is 11.7. The Kier molecular flexibility index (Phi) is 6.95. The zero-order chi connectivity index (χ0) is 15.0. The summed E-state index contributed by atoms with van der Waals surface area (Å²) in [6.07, 6.45) is 4.24. The monoisotopic (exact) mass is 287 g/mol. The first-order chi connectivity index (χ1) is 9.55. The van der Waals surface area contributed by atoms with Crippen molar-refractivity contribution in [2.45, 2.75) is 45.1 Å². The molecule has 0 aliphatic heterocycles. The summed E-state index contributed by atoms with van der Waals surface area (Å²) in [6, 6.07) is -0.989. The Morgan fingerprint density at radius 1 is 1.35 bits per heavy atom. The van der Waals surface area contributed by atoms with E-state index in [9.17, 15) is 9.59 Å². The van der Waals surface area contributed by atoms with E-state index in [1.807, 2.05) is 6.92 Å². The van der Waals surface area contributed by atoms with Gasteiger partial charge in [0, 0.05) is 20.3 Å². The SMILES string of the molecule is CCOCCC1(C(=O)NC(COC)C(=O)O)CCCC1. The maximum absolute atomic E-state index is 12.5. The highest BCUT2D eigenvalue weighted by molar-refractivity contribution is 5.87. The molecule has 0 radical (unpaired) electrons. The number of carbonyl (C=O) groups is 2. The molecule has 116 valence electrons. The van der Waals surface area contributed by atoms with E-state index in [2.05, 4.69) is 5.32 Å². The Balaban J connectivity index is 2.65. The van der Waals surface area contributed by atoms with Gasteiger partial charge in [0.2, 0.25) is 5.91 Å². The molecule has 1 unspecified atom stereocenters. The number of carbonyl (C=O) groups excluding carboxylic acids is 1. The second kappa shape index (κ2) is 8.21. The highest BCUT2D eigenvalue weighted by Gasteiger charge is 2.42. The average molecular weight is 287 g/mol. The third kappa shape index (κ3) is 4.45. The average Bonchev–Trinajstić information content (AvgIpc) is 2.88. The van der Waals surface area contributed by atoms with Crippen LogP contribution in [0, 0.1) is 5.41 Å². The van der Waals surface area contributed by atoms with Crippen molar-refractivity contribution >= 4 is 11.9 Å². The van der Waals surface area contributed by atoms with Crippen molar-refractivity contribution in [2.75, 3.05) is 26.9 Å². The normalized spacial score (nSPS) is 18.7. The second-order valence-corrected chi connectivity index (χ2v) is 5.25. The Labute approximate surface area is 119 Å². The fraction of sp³-hybridized carbons (Fsp3) is 0.857. The summed E-state index contributed by atoms with van der Waals surface area (Å²) in [4.78, 5) is 23.6. The predicted octanol–water partition coefficient (Wildman–Crippen LogP) is 1.19. The summed E-state index contributed by atoms with van der Waals surface area (Å²) >= 11 is 0. The summed E-state index contributed by atoms with van der Waals surface area (Å²) in [6.45, 7) is 3.05. The number of ether oxygens (including phenoxy) is 2. The molecule has 6 heteroatoms. The molecule has 0 aromatic carbocycles. The number of rotatable bonds is 9. The van der Waals surface area contributed by atoms with Crippen LogP contribution >= 0.6 is 0 Å². The van der Waals surface area contributed by atoms with E-state index in [-0.39, 0.29) is 12.5 Å². The first kappa shape index (κ1) is 16.9. The Morgan fingerprint density at radius 3 is 2.50 bits per heavy atom. The minimum atomic E-state index is -1.07. The molecule has 1 saturated carbocycles. The van der Waals surface area contributed by atoms with Gasteiger partial charge in [-0.3, -0.25) is 4.79 Å². The molecule has 0 aromatic rings. The van der Waals surface area contributed by atoms with E-state index in [1.165, 1.54) is 7.11 Å².